The van der Waals surface area contributed by atoms with Crippen LogP contribution in [0.25, 0.3) is 0 Å². The van der Waals surface area contributed by atoms with E-state index in [4.69, 9.17) is 9.15 Å². The zero-order valence-electron chi connectivity index (χ0n) is 8.79. The van der Waals surface area contributed by atoms with Crippen LogP contribution in [0.1, 0.15) is 26.7 Å². The molecule has 1 rings (SSSR count). The van der Waals surface area contributed by atoms with E-state index in [1.165, 1.54) is 0 Å². The molecule has 0 atom stereocenters. The monoisotopic (exact) mass is 231 g/mol. The molecule has 1 heterocycles. The van der Waals surface area contributed by atoms with Crippen LogP contribution in [0, 0.1) is 4.84 Å². The van der Waals surface area contributed by atoms with E-state index in [0.717, 1.165) is 0 Å². The number of aromatic nitrogens is 2. The highest BCUT2D eigenvalue weighted by Gasteiger charge is 2.16. The minimum atomic E-state index is -0.522. The Morgan fingerprint density at radius 1 is 1.67 bits per heavy atom. The summed E-state index contributed by atoms with van der Waals surface area (Å²) in [4.78, 5) is 11.4. The van der Waals surface area contributed by atoms with Crippen molar-refractivity contribution >= 4 is 18.3 Å². The molecule has 0 radical (unpaired) electrons. The molecule has 1 aromatic heterocycles. The van der Waals surface area contributed by atoms with Gasteiger partial charge >= 0.3 is 6.09 Å². The summed E-state index contributed by atoms with van der Waals surface area (Å²) in [6.07, 6.45) is -0.522. The molecule has 84 valence electrons. The van der Waals surface area contributed by atoms with E-state index in [1.54, 1.807) is 20.8 Å². The quantitative estimate of drug-likeness (QED) is 0.758. The van der Waals surface area contributed by atoms with Crippen LogP contribution in [0.2, 0.25) is 0 Å². The largest absolute Gasteiger partial charge is 0.444 e. The summed E-state index contributed by atoms with van der Waals surface area (Å²) in [7, 11) is 0. The van der Waals surface area contributed by atoms with Crippen molar-refractivity contribution in [2.75, 3.05) is 0 Å². The van der Waals surface area contributed by atoms with Crippen molar-refractivity contribution in [3.63, 3.8) is 0 Å². The van der Waals surface area contributed by atoms with Crippen molar-refractivity contribution in [3.05, 3.63) is 10.7 Å². The van der Waals surface area contributed by atoms with Crippen molar-refractivity contribution in [2.45, 2.75) is 32.9 Å². The Morgan fingerprint density at radius 2 is 2.33 bits per heavy atom. The fourth-order valence-electron chi connectivity index (χ4n) is 0.798. The van der Waals surface area contributed by atoms with E-state index in [9.17, 15) is 4.79 Å². The number of carbonyl (C=O) groups excluding carboxylic acids is 1. The van der Waals surface area contributed by atoms with Crippen LogP contribution in [0.15, 0.2) is 4.42 Å². The number of aromatic amines is 1. The van der Waals surface area contributed by atoms with Gasteiger partial charge in [-0.15, -0.1) is 5.10 Å². The van der Waals surface area contributed by atoms with Gasteiger partial charge < -0.3 is 14.5 Å². The third-order valence-corrected chi connectivity index (χ3v) is 1.44. The molecular weight excluding hydrogens is 218 g/mol. The van der Waals surface area contributed by atoms with Gasteiger partial charge in [0, 0.05) is 0 Å². The summed E-state index contributed by atoms with van der Waals surface area (Å²) in [5.41, 5.74) is -0.518. The lowest BCUT2D eigenvalue weighted by molar-refractivity contribution is 0.0519. The number of nitrogens with zero attached hydrogens (tertiary/aromatic N) is 1. The number of nitrogens with one attached hydrogen (secondary N) is 2. The molecule has 7 heteroatoms. The number of amides is 1. The van der Waals surface area contributed by atoms with E-state index in [-0.39, 0.29) is 11.4 Å². The first-order valence-electron chi connectivity index (χ1n) is 4.38. The standard InChI is InChI=1S/C8H13N3O3S/c1-8(2,3)14-6(12)9-4-5-10-11-7(15)13-5/h4H2,1-3H3,(H,9,12)(H,11,15). The summed E-state index contributed by atoms with van der Waals surface area (Å²) in [5.74, 6) is 0.311. The number of carbonyl (C=O) groups is 1. The van der Waals surface area contributed by atoms with Gasteiger partial charge in [0.15, 0.2) is 0 Å². The first-order valence-corrected chi connectivity index (χ1v) is 4.79. The smallest absolute Gasteiger partial charge is 0.408 e. The number of rotatable bonds is 2. The molecule has 0 fully saturated rings. The van der Waals surface area contributed by atoms with Gasteiger partial charge in [-0.2, -0.15) is 0 Å². The van der Waals surface area contributed by atoms with Crippen LogP contribution in [0.3, 0.4) is 0 Å². The Labute approximate surface area is 92.0 Å². The third kappa shape index (κ3) is 4.59. The number of ether oxygens (including phenoxy) is 1. The topological polar surface area (TPSA) is 80.1 Å². The van der Waals surface area contributed by atoms with E-state index < -0.39 is 11.7 Å². The Morgan fingerprint density at radius 3 is 2.80 bits per heavy atom. The maximum Gasteiger partial charge on any atom is 0.408 e. The lowest BCUT2D eigenvalue weighted by atomic mass is 10.2. The van der Waals surface area contributed by atoms with Gasteiger partial charge in [0.25, 0.3) is 4.84 Å². The molecule has 1 amide bonds. The highest BCUT2D eigenvalue weighted by atomic mass is 32.1. The molecule has 6 nitrogen and oxygen atoms in total. The van der Waals surface area contributed by atoms with Crippen LogP contribution in [-0.2, 0) is 11.3 Å². The van der Waals surface area contributed by atoms with E-state index in [0.29, 0.717) is 5.89 Å². The Balaban J connectivity index is 2.38. The van der Waals surface area contributed by atoms with Crippen molar-refractivity contribution in [2.24, 2.45) is 0 Å². The minimum Gasteiger partial charge on any atom is -0.444 e. The van der Waals surface area contributed by atoms with Gasteiger partial charge in [-0.1, -0.05) is 0 Å². The molecule has 0 spiro atoms. The first kappa shape index (κ1) is 11.7. The summed E-state index contributed by atoms with van der Waals surface area (Å²) >= 11 is 4.67. The summed E-state index contributed by atoms with van der Waals surface area (Å²) < 4.78 is 9.95. The summed E-state index contributed by atoms with van der Waals surface area (Å²) in [6.45, 7) is 5.49. The highest BCUT2D eigenvalue weighted by molar-refractivity contribution is 7.71. The Hall–Kier alpha value is -1.37. The highest BCUT2D eigenvalue weighted by Crippen LogP contribution is 2.06. The normalized spacial score (nSPS) is 11.1. The van der Waals surface area contributed by atoms with Crippen LogP contribution in [0.5, 0.6) is 0 Å². The maximum atomic E-state index is 11.2. The van der Waals surface area contributed by atoms with Crippen LogP contribution >= 0.6 is 12.2 Å². The molecule has 0 aliphatic heterocycles. The second kappa shape index (κ2) is 4.43. The average molecular weight is 231 g/mol. The lowest BCUT2D eigenvalue weighted by Gasteiger charge is -2.19. The zero-order valence-corrected chi connectivity index (χ0v) is 9.60. The summed E-state index contributed by atoms with van der Waals surface area (Å²) in [6, 6.07) is 0. The van der Waals surface area contributed by atoms with E-state index in [1.807, 2.05) is 0 Å². The Kier molecular flexibility index (Phi) is 3.46. The predicted molar refractivity (Wildman–Crippen MR) is 54.8 cm³/mol. The molecule has 0 aliphatic rings. The molecule has 0 saturated carbocycles. The second-order valence-electron chi connectivity index (χ2n) is 3.86. The molecule has 0 unspecified atom stereocenters. The van der Waals surface area contributed by atoms with Crippen LogP contribution in [-0.4, -0.2) is 21.9 Å². The van der Waals surface area contributed by atoms with Gasteiger partial charge in [-0.3, -0.25) is 0 Å². The minimum absolute atomic E-state index is 0.141. The second-order valence-corrected chi connectivity index (χ2v) is 4.23. The van der Waals surface area contributed by atoms with Gasteiger partial charge in [0.05, 0.1) is 6.54 Å². The molecule has 2 N–H and O–H groups in total. The van der Waals surface area contributed by atoms with Crippen LogP contribution in [0.4, 0.5) is 4.79 Å². The predicted octanol–water partition coefficient (Wildman–Crippen LogP) is 1.76. The van der Waals surface area contributed by atoms with Gasteiger partial charge in [-0.25, -0.2) is 9.89 Å². The molecule has 0 saturated heterocycles. The van der Waals surface area contributed by atoms with Crippen molar-refractivity contribution in [1.82, 2.24) is 15.5 Å². The fourth-order valence-corrected chi connectivity index (χ4v) is 0.940. The van der Waals surface area contributed by atoms with Gasteiger partial charge in [-0.05, 0) is 33.0 Å². The fraction of sp³-hybridized carbons (Fsp3) is 0.625. The maximum absolute atomic E-state index is 11.2. The molecular formula is C8H13N3O3S. The van der Waals surface area contributed by atoms with Crippen LogP contribution < -0.4 is 5.32 Å². The van der Waals surface area contributed by atoms with Crippen molar-refractivity contribution < 1.29 is 13.9 Å². The molecule has 15 heavy (non-hydrogen) atoms. The number of H-pyrrole nitrogens is 1. The zero-order chi connectivity index (χ0) is 11.5. The molecule has 0 aliphatic carbocycles. The molecule has 0 aromatic carbocycles. The SMILES string of the molecule is CC(C)(C)OC(=O)NCc1n[nH]c(=S)o1. The third-order valence-electron chi connectivity index (χ3n) is 1.27. The molecule has 0 bridgehead atoms. The van der Waals surface area contributed by atoms with Crippen molar-refractivity contribution in [1.29, 1.82) is 0 Å². The van der Waals surface area contributed by atoms with Crippen molar-refractivity contribution in [3.8, 4) is 0 Å². The van der Waals surface area contributed by atoms with E-state index >= 15 is 0 Å². The average Bonchev–Trinajstić information content (AvgIpc) is 2.45. The van der Waals surface area contributed by atoms with Gasteiger partial charge in [0.2, 0.25) is 5.89 Å². The number of hydrogen-bond acceptors (Lipinski definition) is 5. The van der Waals surface area contributed by atoms with Gasteiger partial charge in [0.1, 0.15) is 5.60 Å². The number of alkyl carbamates (subject to hydrolysis) is 1. The van der Waals surface area contributed by atoms with E-state index in [2.05, 4.69) is 27.7 Å². The number of hydrogen-bond donors (Lipinski definition) is 2. The first-order chi connectivity index (χ1) is 6.87. The Bertz CT molecular complexity index is 390. The summed E-state index contributed by atoms with van der Waals surface area (Å²) in [5, 5.41) is 8.65. The lowest BCUT2D eigenvalue weighted by Crippen LogP contribution is -2.32. The molecule has 1 aromatic rings.